The van der Waals surface area contributed by atoms with Crippen LogP contribution in [0, 0.1) is 0 Å². The first-order valence-corrected chi connectivity index (χ1v) is 6.83. The standard InChI is InChI=1S/C14H31N2O2/c1-14(2,3)18-13(17)9-7-10-15-11-8-12-16(4,5)6/h15H,7-12H2,1-6H3/q+1. The van der Waals surface area contributed by atoms with Gasteiger partial charge in [0.05, 0.1) is 27.7 Å². The fourth-order valence-corrected chi connectivity index (χ4v) is 1.55. The Morgan fingerprint density at radius 1 is 1.11 bits per heavy atom. The van der Waals surface area contributed by atoms with Crippen molar-refractivity contribution in [2.24, 2.45) is 0 Å². The van der Waals surface area contributed by atoms with Crippen molar-refractivity contribution in [1.82, 2.24) is 5.32 Å². The highest BCUT2D eigenvalue weighted by Crippen LogP contribution is 2.08. The number of hydrogen-bond acceptors (Lipinski definition) is 3. The van der Waals surface area contributed by atoms with Crippen molar-refractivity contribution >= 4 is 5.97 Å². The van der Waals surface area contributed by atoms with Gasteiger partial charge in [0.25, 0.3) is 0 Å². The van der Waals surface area contributed by atoms with Gasteiger partial charge in [-0.05, 0) is 33.7 Å². The zero-order valence-corrected chi connectivity index (χ0v) is 13.0. The molecule has 0 aromatic heterocycles. The minimum absolute atomic E-state index is 0.101. The second kappa shape index (κ2) is 7.74. The third kappa shape index (κ3) is 13.5. The van der Waals surface area contributed by atoms with Crippen LogP contribution in [0.4, 0.5) is 0 Å². The van der Waals surface area contributed by atoms with E-state index in [0.717, 1.165) is 30.4 Å². The normalized spacial score (nSPS) is 12.6. The lowest BCUT2D eigenvalue weighted by molar-refractivity contribution is -0.870. The summed E-state index contributed by atoms with van der Waals surface area (Å²) in [6.45, 7) is 8.76. The summed E-state index contributed by atoms with van der Waals surface area (Å²) in [5.41, 5.74) is -0.366. The van der Waals surface area contributed by atoms with Gasteiger partial charge in [0, 0.05) is 19.4 Å². The molecule has 18 heavy (non-hydrogen) atoms. The number of rotatable bonds is 8. The maximum atomic E-state index is 11.4. The quantitative estimate of drug-likeness (QED) is 0.410. The first-order valence-electron chi connectivity index (χ1n) is 6.83. The zero-order valence-electron chi connectivity index (χ0n) is 13.0. The van der Waals surface area contributed by atoms with Crippen LogP contribution in [-0.4, -0.2) is 56.8 Å². The summed E-state index contributed by atoms with van der Waals surface area (Å²) >= 11 is 0. The molecule has 108 valence electrons. The average molecular weight is 259 g/mol. The molecule has 0 aliphatic rings. The van der Waals surface area contributed by atoms with E-state index in [9.17, 15) is 4.79 Å². The molecule has 0 unspecified atom stereocenters. The molecule has 0 aromatic rings. The van der Waals surface area contributed by atoms with E-state index >= 15 is 0 Å². The third-order valence-corrected chi connectivity index (χ3v) is 2.34. The number of nitrogens with one attached hydrogen (secondary N) is 1. The van der Waals surface area contributed by atoms with Gasteiger partial charge in [-0.15, -0.1) is 0 Å². The lowest BCUT2D eigenvalue weighted by Gasteiger charge is -2.23. The molecule has 0 bridgehead atoms. The Morgan fingerprint density at radius 2 is 1.67 bits per heavy atom. The average Bonchev–Trinajstić information content (AvgIpc) is 2.11. The molecule has 1 N–H and O–H groups in total. The Labute approximate surface area is 112 Å². The summed E-state index contributed by atoms with van der Waals surface area (Å²) in [4.78, 5) is 11.4. The lowest BCUT2D eigenvalue weighted by atomic mass is 10.2. The van der Waals surface area contributed by atoms with E-state index in [1.165, 1.54) is 6.54 Å². The molecule has 0 fully saturated rings. The van der Waals surface area contributed by atoms with Crippen LogP contribution in [0.1, 0.15) is 40.0 Å². The van der Waals surface area contributed by atoms with Gasteiger partial charge in [-0.2, -0.15) is 0 Å². The molecular weight excluding hydrogens is 228 g/mol. The van der Waals surface area contributed by atoms with E-state index in [1.54, 1.807) is 0 Å². The highest BCUT2D eigenvalue weighted by Gasteiger charge is 2.15. The number of ether oxygens (including phenoxy) is 1. The third-order valence-electron chi connectivity index (χ3n) is 2.34. The van der Waals surface area contributed by atoms with Crippen molar-refractivity contribution < 1.29 is 14.0 Å². The molecule has 0 aliphatic heterocycles. The van der Waals surface area contributed by atoms with Gasteiger partial charge >= 0.3 is 5.97 Å². The van der Waals surface area contributed by atoms with Gasteiger partial charge in [0.2, 0.25) is 0 Å². The topological polar surface area (TPSA) is 38.3 Å². The minimum atomic E-state index is -0.366. The van der Waals surface area contributed by atoms with Crippen molar-refractivity contribution in [3.63, 3.8) is 0 Å². The van der Waals surface area contributed by atoms with Crippen LogP contribution < -0.4 is 5.32 Å². The first kappa shape index (κ1) is 17.4. The molecular formula is C14H31N2O2+. The van der Waals surface area contributed by atoms with Gasteiger partial charge in [0.15, 0.2) is 0 Å². The van der Waals surface area contributed by atoms with Crippen LogP contribution in [0.15, 0.2) is 0 Å². The van der Waals surface area contributed by atoms with Gasteiger partial charge in [-0.1, -0.05) is 0 Å². The fourth-order valence-electron chi connectivity index (χ4n) is 1.55. The summed E-state index contributed by atoms with van der Waals surface area (Å²) in [6.07, 6.45) is 2.51. The maximum absolute atomic E-state index is 11.4. The van der Waals surface area contributed by atoms with Gasteiger partial charge in [0.1, 0.15) is 5.60 Å². The van der Waals surface area contributed by atoms with Crippen molar-refractivity contribution in [2.45, 2.75) is 45.6 Å². The predicted molar refractivity (Wildman–Crippen MR) is 75.5 cm³/mol. The Balaban J connectivity index is 3.39. The minimum Gasteiger partial charge on any atom is -0.460 e. The van der Waals surface area contributed by atoms with Crippen molar-refractivity contribution in [1.29, 1.82) is 0 Å². The Kier molecular flexibility index (Phi) is 7.48. The van der Waals surface area contributed by atoms with Gasteiger partial charge in [-0.3, -0.25) is 4.79 Å². The number of hydrogen-bond donors (Lipinski definition) is 1. The molecule has 0 aromatic carbocycles. The van der Waals surface area contributed by atoms with Crippen molar-refractivity contribution in [3.8, 4) is 0 Å². The summed E-state index contributed by atoms with van der Waals surface area (Å²) in [7, 11) is 6.59. The Hall–Kier alpha value is -0.610. The van der Waals surface area contributed by atoms with E-state index < -0.39 is 0 Å². The smallest absolute Gasteiger partial charge is 0.306 e. The number of nitrogens with zero attached hydrogens (tertiary/aromatic N) is 1. The van der Waals surface area contributed by atoms with Crippen molar-refractivity contribution in [3.05, 3.63) is 0 Å². The van der Waals surface area contributed by atoms with E-state index in [-0.39, 0.29) is 11.6 Å². The molecule has 0 rings (SSSR count). The molecule has 4 nitrogen and oxygen atoms in total. The molecule has 0 saturated carbocycles. The molecule has 0 spiro atoms. The first-order chi connectivity index (χ1) is 8.10. The second-order valence-electron chi connectivity index (χ2n) is 6.81. The fraction of sp³-hybridized carbons (Fsp3) is 0.929. The molecule has 0 radical (unpaired) electrons. The van der Waals surface area contributed by atoms with Crippen LogP contribution in [0.25, 0.3) is 0 Å². The number of carbonyl (C=O) groups excluding carboxylic acids is 1. The van der Waals surface area contributed by atoms with Crippen LogP contribution in [0.5, 0.6) is 0 Å². The van der Waals surface area contributed by atoms with Crippen LogP contribution in [0.3, 0.4) is 0 Å². The lowest BCUT2D eigenvalue weighted by Crippen LogP contribution is -2.36. The zero-order chi connectivity index (χ0) is 14.2. The van der Waals surface area contributed by atoms with Crippen LogP contribution in [-0.2, 0) is 9.53 Å². The Bertz CT molecular complexity index is 239. The highest BCUT2D eigenvalue weighted by molar-refractivity contribution is 5.69. The van der Waals surface area contributed by atoms with Crippen LogP contribution in [0.2, 0.25) is 0 Å². The molecule has 0 heterocycles. The molecule has 0 atom stereocenters. The van der Waals surface area contributed by atoms with E-state index in [0.29, 0.717) is 6.42 Å². The van der Waals surface area contributed by atoms with Gasteiger partial charge < -0.3 is 14.5 Å². The molecule has 0 saturated heterocycles. The maximum Gasteiger partial charge on any atom is 0.306 e. The summed E-state index contributed by atoms with van der Waals surface area (Å²) in [5, 5.41) is 3.36. The molecule has 4 heteroatoms. The molecule has 0 amide bonds. The second-order valence-corrected chi connectivity index (χ2v) is 6.81. The molecule has 0 aliphatic carbocycles. The number of esters is 1. The summed E-state index contributed by atoms with van der Waals surface area (Å²) in [5.74, 6) is -0.101. The summed E-state index contributed by atoms with van der Waals surface area (Å²) in [6, 6.07) is 0. The highest BCUT2D eigenvalue weighted by atomic mass is 16.6. The summed E-state index contributed by atoms with van der Waals surface area (Å²) < 4.78 is 6.24. The largest absolute Gasteiger partial charge is 0.460 e. The van der Waals surface area contributed by atoms with Crippen molar-refractivity contribution in [2.75, 3.05) is 40.8 Å². The predicted octanol–water partition coefficient (Wildman–Crippen LogP) is 1.79. The number of carbonyl (C=O) groups is 1. The van der Waals surface area contributed by atoms with E-state index in [2.05, 4.69) is 26.5 Å². The van der Waals surface area contributed by atoms with E-state index in [4.69, 9.17) is 4.74 Å². The SMILES string of the molecule is CC(C)(C)OC(=O)CCCNCCC[N+](C)(C)C. The van der Waals surface area contributed by atoms with E-state index in [1.807, 2.05) is 20.8 Å². The monoisotopic (exact) mass is 259 g/mol. The van der Waals surface area contributed by atoms with Crippen LogP contribution >= 0.6 is 0 Å². The Morgan fingerprint density at radius 3 is 2.17 bits per heavy atom. The number of quaternary nitrogens is 1. The van der Waals surface area contributed by atoms with Gasteiger partial charge in [-0.25, -0.2) is 0 Å².